The fraction of sp³-hybridized carbons (Fsp3) is 0. The second-order valence-corrected chi connectivity index (χ2v) is 5.34. The number of rotatable bonds is 2. The molecule has 0 aliphatic rings. The molecule has 0 saturated heterocycles. The van der Waals surface area contributed by atoms with Crippen LogP contribution in [-0.4, -0.2) is 9.97 Å². The fourth-order valence-electron chi connectivity index (χ4n) is 2.53. The fourth-order valence-corrected chi connectivity index (χ4v) is 2.53. The highest BCUT2D eigenvalue weighted by molar-refractivity contribution is 5.81. The summed E-state index contributed by atoms with van der Waals surface area (Å²) in [4.78, 5) is 29.6. The third-order valence-corrected chi connectivity index (χ3v) is 3.73. The Hall–Kier alpha value is -3.54. The van der Waals surface area contributed by atoms with Crippen molar-refractivity contribution in [1.29, 1.82) is 0 Å². The topological polar surface area (TPSA) is 90.4 Å². The Morgan fingerprint density at radius 1 is 0.625 bits per heavy atom. The van der Waals surface area contributed by atoms with Crippen molar-refractivity contribution >= 4 is 33.2 Å². The second-order valence-electron chi connectivity index (χ2n) is 5.34. The van der Waals surface area contributed by atoms with Crippen LogP contribution in [0.1, 0.15) is 0 Å². The van der Waals surface area contributed by atoms with E-state index in [4.69, 9.17) is 0 Å². The summed E-state index contributed by atoms with van der Waals surface area (Å²) >= 11 is 0. The summed E-state index contributed by atoms with van der Waals surface area (Å²) in [6, 6.07) is 18.1. The first-order valence-corrected chi connectivity index (χ1v) is 7.36. The molecule has 0 saturated carbocycles. The van der Waals surface area contributed by atoms with Crippen molar-refractivity contribution in [2.24, 2.45) is 10.2 Å². The van der Waals surface area contributed by atoms with Crippen molar-refractivity contribution < 1.29 is 0 Å². The summed E-state index contributed by atoms with van der Waals surface area (Å²) in [5.41, 5.74) is 1.06. The van der Waals surface area contributed by atoms with Gasteiger partial charge in [-0.3, -0.25) is 9.59 Å². The minimum atomic E-state index is -0.352. The highest BCUT2D eigenvalue weighted by atomic mass is 16.1. The third-order valence-electron chi connectivity index (χ3n) is 3.73. The molecule has 0 fully saturated rings. The molecule has 0 spiro atoms. The standard InChI is InChI=1S/C18H12N4O2/c23-17-15(9-11-5-1-3-7-13(11)19-17)21-22-16-10-12-6-2-4-8-14(12)20-18(16)24/h1-10H,(H,19,23)(H,20,24). The number of fused-ring (bicyclic) bond motifs is 2. The molecular formula is C18H12N4O2. The van der Waals surface area contributed by atoms with Crippen LogP contribution >= 0.6 is 0 Å². The number of hydrogen-bond donors (Lipinski definition) is 2. The number of azo groups is 1. The number of nitrogens with zero attached hydrogens (tertiary/aromatic N) is 2. The lowest BCUT2D eigenvalue weighted by molar-refractivity contribution is 1.15. The zero-order valence-electron chi connectivity index (χ0n) is 12.5. The first kappa shape index (κ1) is 14.1. The molecule has 0 radical (unpaired) electrons. The molecule has 24 heavy (non-hydrogen) atoms. The summed E-state index contributed by atoms with van der Waals surface area (Å²) in [6.07, 6.45) is 0. The van der Waals surface area contributed by atoms with Gasteiger partial charge in [-0.1, -0.05) is 36.4 Å². The van der Waals surface area contributed by atoms with Crippen LogP contribution in [0.4, 0.5) is 11.4 Å². The molecule has 2 N–H and O–H groups in total. The molecule has 4 rings (SSSR count). The van der Waals surface area contributed by atoms with Crippen LogP contribution in [0.5, 0.6) is 0 Å². The average molecular weight is 316 g/mol. The molecule has 116 valence electrons. The summed E-state index contributed by atoms with van der Waals surface area (Å²) in [6.45, 7) is 0. The highest BCUT2D eigenvalue weighted by Crippen LogP contribution is 2.19. The Morgan fingerprint density at radius 2 is 1.04 bits per heavy atom. The van der Waals surface area contributed by atoms with Gasteiger partial charge in [0.2, 0.25) is 0 Å². The average Bonchev–Trinajstić information content (AvgIpc) is 2.60. The van der Waals surface area contributed by atoms with E-state index in [0.29, 0.717) is 0 Å². The van der Waals surface area contributed by atoms with Crippen molar-refractivity contribution in [3.8, 4) is 0 Å². The first-order chi connectivity index (χ1) is 11.7. The summed E-state index contributed by atoms with van der Waals surface area (Å²) in [7, 11) is 0. The zero-order chi connectivity index (χ0) is 16.5. The van der Waals surface area contributed by atoms with Crippen LogP contribution in [0.2, 0.25) is 0 Å². The highest BCUT2D eigenvalue weighted by Gasteiger charge is 2.04. The van der Waals surface area contributed by atoms with Gasteiger partial charge in [0.05, 0.1) is 0 Å². The van der Waals surface area contributed by atoms with Crippen LogP contribution in [0.3, 0.4) is 0 Å². The van der Waals surface area contributed by atoms with Gasteiger partial charge in [0, 0.05) is 21.8 Å². The molecule has 0 bridgehead atoms. The minimum absolute atomic E-state index is 0.154. The lowest BCUT2D eigenvalue weighted by Gasteiger charge is -1.99. The Morgan fingerprint density at radius 3 is 1.50 bits per heavy atom. The minimum Gasteiger partial charge on any atom is -0.320 e. The summed E-state index contributed by atoms with van der Waals surface area (Å²) < 4.78 is 0. The van der Waals surface area contributed by atoms with Crippen molar-refractivity contribution in [2.75, 3.05) is 0 Å². The maximum Gasteiger partial charge on any atom is 0.276 e. The molecule has 0 unspecified atom stereocenters. The third kappa shape index (κ3) is 2.50. The smallest absolute Gasteiger partial charge is 0.276 e. The van der Waals surface area contributed by atoms with Crippen molar-refractivity contribution in [3.05, 3.63) is 81.4 Å². The first-order valence-electron chi connectivity index (χ1n) is 7.36. The van der Waals surface area contributed by atoms with Crippen molar-refractivity contribution in [3.63, 3.8) is 0 Å². The lowest BCUT2D eigenvalue weighted by Crippen LogP contribution is -2.05. The van der Waals surface area contributed by atoms with Gasteiger partial charge in [0.25, 0.3) is 11.1 Å². The van der Waals surface area contributed by atoms with Crippen LogP contribution in [0, 0.1) is 0 Å². The number of benzene rings is 2. The predicted octanol–water partition coefficient (Wildman–Crippen LogP) is 3.79. The largest absolute Gasteiger partial charge is 0.320 e. The normalized spacial score (nSPS) is 11.5. The van der Waals surface area contributed by atoms with Gasteiger partial charge in [0.15, 0.2) is 11.4 Å². The van der Waals surface area contributed by atoms with Crippen molar-refractivity contribution in [2.45, 2.75) is 0 Å². The van der Waals surface area contributed by atoms with Crippen molar-refractivity contribution in [1.82, 2.24) is 9.97 Å². The van der Waals surface area contributed by atoms with E-state index in [1.54, 1.807) is 12.1 Å². The molecule has 2 heterocycles. The number of H-pyrrole nitrogens is 2. The predicted molar refractivity (Wildman–Crippen MR) is 93.3 cm³/mol. The SMILES string of the molecule is O=c1[nH]c2ccccc2cc1N=Nc1cc2ccccc2[nH]c1=O. The van der Waals surface area contributed by atoms with E-state index in [-0.39, 0.29) is 22.5 Å². The Balaban J connectivity index is 1.80. The molecule has 0 amide bonds. The van der Waals surface area contributed by atoms with Gasteiger partial charge >= 0.3 is 0 Å². The molecule has 0 aliphatic carbocycles. The molecule has 6 heteroatoms. The van der Waals surface area contributed by atoms with Gasteiger partial charge < -0.3 is 9.97 Å². The van der Waals surface area contributed by atoms with E-state index in [9.17, 15) is 9.59 Å². The number of aromatic nitrogens is 2. The number of hydrogen-bond acceptors (Lipinski definition) is 4. The number of pyridine rings is 2. The quantitative estimate of drug-likeness (QED) is 0.551. The van der Waals surface area contributed by atoms with Gasteiger partial charge in [-0.25, -0.2) is 0 Å². The Kier molecular flexibility index (Phi) is 3.28. The van der Waals surface area contributed by atoms with E-state index in [0.717, 1.165) is 21.8 Å². The maximum absolute atomic E-state index is 12.1. The molecular weight excluding hydrogens is 304 g/mol. The van der Waals surface area contributed by atoms with Gasteiger partial charge in [-0.15, -0.1) is 10.2 Å². The number of aromatic amines is 2. The van der Waals surface area contributed by atoms with Gasteiger partial charge in [-0.2, -0.15) is 0 Å². The van der Waals surface area contributed by atoms with Crippen LogP contribution in [-0.2, 0) is 0 Å². The van der Waals surface area contributed by atoms with Gasteiger partial charge in [0.1, 0.15) is 0 Å². The monoisotopic (exact) mass is 316 g/mol. The summed E-state index contributed by atoms with van der Waals surface area (Å²) in [5.74, 6) is 0. The number of nitrogens with one attached hydrogen (secondary N) is 2. The molecule has 2 aromatic heterocycles. The zero-order valence-corrected chi connectivity index (χ0v) is 12.5. The van der Waals surface area contributed by atoms with E-state index in [2.05, 4.69) is 20.2 Å². The Bertz CT molecular complexity index is 1110. The molecule has 0 aliphatic heterocycles. The maximum atomic E-state index is 12.1. The molecule has 2 aromatic carbocycles. The molecule has 0 atom stereocenters. The van der Waals surface area contributed by atoms with Crippen LogP contribution in [0.25, 0.3) is 21.8 Å². The molecule has 6 nitrogen and oxygen atoms in total. The Labute approximate surface area is 135 Å². The number of para-hydroxylation sites is 2. The van der Waals surface area contributed by atoms with E-state index < -0.39 is 0 Å². The van der Waals surface area contributed by atoms with Crippen LogP contribution < -0.4 is 11.1 Å². The van der Waals surface area contributed by atoms with E-state index in [1.165, 1.54) is 0 Å². The molecule has 4 aromatic rings. The van der Waals surface area contributed by atoms with E-state index in [1.807, 2.05) is 48.5 Å². The lowest BCUT2D eigenvalue weighted by atomic mass is 10.2. The summed E-state index contributed by atoms with van der Waals surface area (Å²) in [5, 5.41) is 9.60. The second kappa shape index (κ2) is 5.58. The van der Waals surface area contributed by atoms with Gasteiger partial charge in [-0.05, 0) is 24.3 Å². The van der Waals surface area contributed by atoms with Crippen LogP contribution in [0.15, 0.2) is 80.5 Å². The van der Waals surface area contributed by atoms with E-state index >= 15 is 0 Å².